The van der Waals surface area contributed by atoms with Crippen molar-refractivity contribution in [2.24, 2.45) is 5.73 Å². The van der Waals surface area contributed by atoms with Crippen LogP contribution in [0.1, 0.15) is 21.5 Å². The Hall–Kier alpha value is -4.33. The molecule has 0 saturated carbocycles. The molecule has 0 radical (unpaired) electrons. The Bertz CT molecular complexity index is 1460. The fraction of sp³-hybridized carbons (Fsp3) is 0.120. The lowest BCUT2D eigenvalue weighted by Crippen LogP contribution is -2.13. The highest BCUT2D eigenvalue weighted by Gasteiger charge is 2.12. The van der Waals surface area contributed by atoms with Gasteiger partial charge in [0.25, 0.3) is 5.91 Å². The zero-order valence-corrected chi connectivity index (χ0v) is 20.5. The maximum Gasteiger partial charge on any atom is 0.387 e. The van der Waals surface area contributed by atoms with Crippen molar-refractivity contribution in [2.45, 2.75) is 18.9 Å². The topological polar surface area (TPSA) is 152 Å². The van der Waals surface area contributed by atoms with Gasteiger partial charge >= 0.3 is 6.61 Å². The number of rotatable bonds is 10. The number of amides is 1. The molecule has 0 saturated heterocycles. The number of nitrogens with two attached hydrogens (primary N) is 1. The number of anilines is 3. The Balaban J connectivity index is 1.52. The van der Waals surface area contributed by atoms with Gasteiger partial charge in [-0.25, -0.2) is 14.2 Å². The number of nitrogens with one attached hydrogen (secondary N) is 2. The Morgan fingerprint density at radius 1 is 1.11 bits per heavy atom. The van der Waals surface area contributed by atoms with Crippen molar-refractivity contribution in [3.05, 3.63) is 89.9 Å². The largest absolute Gasteiger partial charge is 0.433 e. The maximum absolute atomic E-state index is 12.7. The van der Waals surface area contributed by atoms with Crippen LogP contribution in [0.4, 0.5) is 26.1 Å². The third kappa shape index (κ3) is 7.12. The summed E-state index contributed by atoms with van der Waals surface area (Å²) in [7, 11) is 0. The average molecular weight is 541 g/mol. The minimum atomic E-state index is -2.98. The molecular weight excluding hydrogens is 518 g/mol. The highest BCUT2D eigenvalue weighted by Crippen LogP contribution is 2.26. The molecule has 5 N–H and O–H groups in total. The second-order valence-corrected chi connectivity index (χ2v) is 8.80. The van der Waals surface area contributed by atoms with Crippen LogP contribution in [0.5, 0.6) is 5.75 Å². The molecule has 1 atom stereocenters. The average Bonchev–Trinajstić information content (AvgIpc) is 2.89. The molecule has 4 aromatic rings. The Kier molecular flexibility index (Phi) is 8.63. The van der Waals surface area contributed by atoms with E-state index >= 15 is 0 Å². The molecule has 0 aliphatic carbocycles. The minimum Gasteiger partial charge on any atom is -0.433 e. The Morgan fingerprint density at radius 2 is 1.89 bits per heavy atom. The van der Waals surface area contributed by atoms with E-state index in [2.05, 4.69) is 30.3 Å². The molecule has 0 fully saturated rings. The molecule has 1 amide bonds. The normalized spacial score (nSPS) is 11.7. The Morgan fingerprint density at radius 3 is 2.61 bits per heavy atom. The second kappa shape index (κ2) is 12.3. The molecule has 196 valence electrons. The second-order valence-electron chi connectivity index (χ2n) is 7.87. The lowest BCUT2D eigenvalue weighted by Gasteiger charge is -2.13. The van der Waals surface area contributed by atoms with Gasteiger partial charge in [-0.3, -0.25) is 9.78 Å². The predicted octanol–water partition coefficient (Wildman–Crippen LogP) is 4.32. The van der Waals surface area contributed by atoms with Crippen molar-refractivity contribution >= 4 is 34.3 Å². The standard InChI is InChI=1S/C25H22F2N6O4S/c26-24(27)37-20-9-18(12-29-13-20)21-7-8-30-25(32-21)33-22-10-19(6-5-17(22)11-28)31-23(34)16-3-1-15(2-4-16)14-38(35)36/h1-10,12-13,24H,11,14,28H2,(H,31,34)(H,35,36)(H,30,32,33). The van der Waals surface area contributed by atoms with Gasteiger partial charge in [-0.15, -0.1) is 0 Å². The molecule has 10 nitrogen and oxygen atoms in total. The van der Waals surface area contributed by atoms with Crippen LogP contribution in [-0.4, -0.2) is 36.2 Å². The molecule has 2 aromatic carbocycles. The zero-order chi connectivity index (χ0) is 27.1. The number of nitrogens with zero attached hydrogens (tertiary/aromatic N) is 3. The molecule has 2 aromatic heterocycles. The highest BCUT2D eigenvalue weighted by atomic mass is 32.2. The summed E-state index contributed by atoms with van der Waals surface area (Å²) >= 11 is -1.97. The molecular formula is C25H22F2N6O4S. The van der Waals surface area contributed by atoms with Crippen molar-refractivity contribution in [2.75, 3.05) is 10.6 Å². The summed E-state index contributed by atoms with van der Waals surface area (Å²) in [4.78, 5) is 25.3. The number of ether oxygens (including phenoxy) is 1. The molecule has 38 heavy (non-hydrogen) atoms. The molecule has 2 heterocycles. The lowest BCUT2D eigenvalue weighted by atomic mass is 10.1. The van der Waals surface area contributed by atoms with Crippen molar-refractivity contribution in [1.82, 2.24) is 15.0 Å². The smallest absolute Gasteiger partial charge is 0.387 e. The van der Waals surface area contributed by atoms with Gasteiger partial charge < -0.3 is 25.7 Å². The summed E-state index contributed by atoms with van der Waals surface area (Å²) in [5, 5.41) is 5.88. The molecule has 4 rings (SSSR count). The van der Waals surface area contributed by atoms with E-state index in [1.165, 1.54) is 24.7 Å². The first-order valence-electron chi connectivity index (χ1n) is 11.1. The van der Waals surface area contributed by atoms with E-state index in [9.17, 15) is 17.8 Å². The van der Waals surface area contributed by atoms with Gasteiger partial charge in [-0.05, 0) is 47.5 Å². The monoisotopic (exact) mass is 540 g/mol. The number of hydrogen-bond donors (Lipinski definition) is 4. The fourth-order valence-electron chi connectivity index (χ4n) is 3.47. The number of halogens is 2. The van der Waals surface area contributed by atoms with Crippen LogP contribution < -0.4 is 21.1 Å². The summed E-state index contributed by atoms with van der Waals surface area (Å²) in [6.45, 7) is -2.78. The summed E-state index contributed by atoms with van der Waals surface area (Å²) in [6, 6.07) is 14.5. The number of carbonyl (C=O) groups excluding carboxylic acids is 1. The van der Waals surface area contributed by atoms with Gasteiger partial charge in [0.15, 0.2) is 11.1 Å². The lowest BCUT2D eigenvalue weighted by molar-refractivity contribution is -0.0500. The van der Waals surface area contributed by atoms with Crippen molar-refractivity contribution in [1.29, 1.82) is 0 Å². The van der Waals surface area contributed by atoms with Crippen molar-refractivity contribution in [3.63, 3.8) is 0 Å². The minimum absolute atomic E-state index is 0.0216. The summed E-state index contributed by atoms with van der Waals surface area (Å²) in [5.74, 6) is -0.286. The summed E-state index contributed by atoms with van der Waals surface area (Å²) < 4.78 is 49.5. The third-order valence-corrected chi connectivity index (χ3v) is 5.81. The van der Waals surface area contributed by atoms with Crippen molar-refractivity contribution in [3.8, 4) is 17.0 Å². The first-order chi connectivity index (χ1) is 18.3. The predicted molar refractivity (Wildman–Crippen MR) is 138 cm³/mol. The molecule has 0 spiro atoms. The van der Waals surface area contributed by atoms with Crippen LogP contribution in [0.25, 0.3) is 11.3 Å². The first-order valence-corrected chi connectivity index (χ1v) is 12.4. The first kappa shape index (κ1) is 26.7. The summed E-state index contributed by atoms with van der Waals surface area (Å²) in [5.41, 5.74) is 9.51. The zero-order valence-electron chi connectivity index (χ0n) is 19.7. The number of alkyl halides is 2. The van der Waals surface area contributed by atoms with Crippen molar-refractivity contribution < 1.29 is 27.1 Å². The van der Waals surface area contributed by atoms with E-state index in [1.54, 1.807) is 48.5 Å². The van der Waals surface area contributed by atoms with E-state index < -0.39 is 17.7 Å². The third-order valence-electron chi connectivity index (χ3n) is 5.23. The number of carbonyl (C=O) groups is 1. The molecule has 1 unspecified atom stereocenters. The number of hydrogen-bond acceptors (Lipinski definition) is 8. The Labute approximate surface area is 218 Å². The van der Waals surface area contributed by atoms with Gasteiger partial charge in [-0.2, -0.15) is 8.78 Å². The molecule has 0 bridgehead atoms. The van der Waals surface area contributed by atoms with E-state index in [1.807, 2.05) is 0 Å². The quantitative estimate of drug-likeness (QED) is 0.216. The number of pyridine rings is 1. The van der Waals surface area contributed by atoms with E-state index in [0.717, 1.165) is 5.56 Å². The molecule has 0 aliphatic heterocycles. The van der Waals surface area contributed by atoms with Crippen LogP contribution >= 0.6 is 0 Å². The van der Waals surface area contributed by atoms with Crippen LogP contribution in [0, 0.1) is 0 Å². The van der Waals surface area contributed by atoms with E-state index in [0.29, 0.717) is 33.8 Å². The van der Waals surface area contributed by atoms with Crippen LogP contribution in [0.15, 0.2) is 73.2 Å². The van der Waals surface area contributed by atoms with Gasteiger partial charge in [0.2, 0.25) is 5.95 Å². The van der Waals surface area contributed by atoms with Gasteiger partial charge in [0.1, 0.15) is 5.75 Å². The number of benzene rings is 2. The van der Waals surface area contributed by atoms with E-state index in [4.69, 9.17) is 10.3 Å². The number of aromatic nitrogens is 3. The summed E-state index contributed by atoms with van der Waals surface area (Å²) in [6.07, 6.45) is 4.13. The maximum atomic E-state index is 12.7. The SMILES string of the molecule is NCc1ccc(NC(=O)c2ccc(CS(=O)O)cc2)cc1Nc1nccc(-c2cncc(OC(F)F)c2)n1. The van der Waals surface area contributed by atoms with Crippen LogP contribution in [0.3, 0.4) is 0 Å². The molecule has 13 heteroatoms. The fourth-order valence-corrected chi connectivity index (χ4v) is 3.95. The van der Waals surface area contributed by atoms with Gasteiger partial charge in [0.05, 0.1) is 17.6 Å². The van der Waals surface area contributed by atoms with E-state index in [-0.39, 0.29) is 29.9 Å². The van der Waals surface area contributed by atoms with Crippen LogP contribution in [0.2, 0.25) is 0 Å². The van der Waals surface area contributed by atoms with Gasteiger partial charge in [0, 0.05) is 41.4 Å². The van der Waals surface area contributed by atoms with Crippen LogP contribution in [-0.2, 0) is 23.4 Å². The van der Waals surface area contributed by atoms with Gasteiger partial charge in [-0.1, -0.05) is 18.2 Å². The molecule has 0 aliphatic rings. The highest BCUT2D eigenvalue weighted by molar-refractivity contribution is 7.78.